The highest BCUT2D eigenvalue weighted by molar-refractivity contribution is 5.79. The molecule has 1 saturated heterocycles. The van der Waals surface area contributed by atoms with Crippen molar-refractivity contribution < 1.29 is 45.4 Å². The largest absolute Gasteiger partial charge is 0.490 e. The number of hydrogen-bond donors (Lipinski definition) is 1. The van der Waals surface area contributed by atoms with E-state index in [-0.39, 0.29) is 40.7 Å². The van der Waals surface area contributed by atoms with E-state index in [2.05, 4.69) is 14.7 Å². The molecule has 2 N–H and O–H groups in total. The molecule has 0 saturated carbocycles. The van der Waals surface area contributed by atoms with Gasteiger partial charge in [-0.05, 0) is 25.5 Å². The first kappa shape index (κ1) is 28.1. The average molecular weight is 559 g/mol. The smallest absolute Gasteiger partial charge is 0.438 e. The number of aryl methyl sites for hydroxylation is 1. The Hall–Kier alpha value is -3.88. The van der Waals surface area contributed by atoms with Crippen LogP contribution in [0.1, 0.15) is 23.7 Å². The first-order valence-corrected chi connectivity index (χ1v) is 11.6. The predicted molar refractivity (Wildman–Crippen MR) is 124 cm³/mol. The summed E-state index contributed by atoms with van der Waals surface area (Å²) in [6, 6.07) is 3.16. The van der Waals surface area contributed by atoms with Crippen molar-refractivity contribution in [1.29, 1.82) is 0 Å². The van der Waals surface area contributed by atoms with E-state index in [1.165, 1.54) is 22.9 Å². The van der Waals surface area contributed by atoms with Gasteiger partial charge in [-0.1, -0.05) is 12.1 Å². The number of amides is 1. The van der Waals surface area contributed by atoms with Crippen LogP contribution in [0.2, 0.25) is 0 Å². The number of benzene rings is 1. The summed E-state index contributed by atoms with van der Waals surface area (Å²) in [6.45, 7) is 3.54. The Morgan fingerprint density at radius 1 is 1.13 bits per heavy atom. The molecule has 9 nitrogen and oxygen atoms in total. The lowest BCUT2D eigenvalue weighted by atomic mass is 9.91. The van der Waals surface area contributed by atoms with Crippen molar-refractivity contribution >= 4 is 23.3 Å². The number of nitrogens with zero attached hydrogens (tertiary/aromatic N) is 4. The molecule has 1 atom stereocenters. The predicted octanol–water partition coefficient (Wildman–Crippen LogP) is 3.57. The van der Waals surface area contributed by atoms with E-state index in [9.17, 15) is 35.9 Å². The molecular weight excluding hydrogens is 536 g/mol. The van der Waals surface area contributed by atoms with Crippen LogP contribution in [0.5, 0.6) is 0 Å². The standard InChI is InChI=1S/C24H23F6N5O4/c1-13-3-4-14(22(2,24(28,29)30)39-21(37)23(25,26)27)9-16(13)17-11-32-20-19(31)33-15(12-35(17)20)10-18(36)34-5-7-38-8-6-34/h3-4,9,11-12H,5-8,10H2,1-2H3,(H2,31,33). The SMILES string of the molecule is Cc1ccc(C(C)(OC(=O)C(F)(F)F)C(F)(F)F)cc1-c1cnc2c(N)nc(CC(=O)N3CCOCC3)cn12. The molecule has 0 bridgehead atoms. The molecule has 3 heterocycles. The van der Waals surface area contributed by atoms with Crippen LogP contribution in [0.4, 0.5) is 32.2 Å². The maximum Gasteiger partial charge on any atom is 0.490 e. The number of alkyl halides is 6. The van der Waals surface area contributed by atoms with Gasteiger partial charge < -0.3 is 20.1 Å². The van der Waals surface area contributed by atoms with Crippen molar-refractivity contribution in [3.05, 3.63) is 47.4 Å². The van der Waals surface area contributed by atoms with Crippen molar-refractivity contribution in [2.75, 3.05) is 32.0 Å². The lowest BCUT2D eigenvalue weighted by molar-refractivity contribution is -0.285. The Bertz CT molecular complexity index is 1410. The number of esters is 1. The van der Waals surface area contributed by atoms with Crippen LogP contribution in [-0.2, 0) is 31.1 Å². The molecule has 1 fully saturated rings. The molecule has 39 heavy (non-hydrogen) atoms. The third-order valence-electron chi connectivity index (χ3n) is 6.40. The molecule has 210 valence electrons. The zero-order valence-corrected chi connectivity index (χ0v) is 20.7. The fourth-order valence-electron chi connectivity index (χ4n) is 4.15. The van der Waals surface area contributed by atoms with Crippen molar-refractivity contribution in [2.45, 2.75) is 38.2 Å². The van der Waals surface area contributed by atoms with Crippen molar-refractivity contribution in [3.63, 3.8) is 0 Å². The van der Waals surface area contributed by atoms with E-state index in [1.807, 2.05) is 0 Å². The van der Waals surface area contributed by atoms with Gasteiger partial charge >= 0.3 is 18.3 Å². The monoisotopic (exact) mass is 559 g/mol. The van der Waals surface area contributed by atoms with Gasteiger partial charge in [0.15, 0.2) is 11.5 Å². The van der Waals surface area contributed by atoms with Crippen LogP contribution in [0.15, 0.2) is 30.6 Å². The first-order valence-electron chi connectivity index (χ1n) is 11.6. The highest BCUT2D eigenvalue weighted by Crippen LogP contribution is 2.44. The maximum atomic E-state index is 14.0. The van der Waals surface area contributed by atoms with Gasteiger partial charge in [-0.2, -0.15) is 26.3 Å². The molecule has 0 aliphatic carbocycles. The summed E-state index contributed by atoms with van der Waals surface area (Å²) in [5.74, 6) is -3.24. The summed E-state index contributed by atoms with van der Waals surface area (Å²) in [5, 5.41) is 0. The summed E-state index contributed by atoms with van der Waals surface area (Å²) in [5.41, 5.74) is 2.92. The number of carbonyl (C=O) groups excluding carboxylic acids is 2. The van der Waals surface area contributed by atoms with Crippen LogP contribution in [0, 0.1) is 6.92 Å². The minimum absolute atomic E-state index is 0.0402. The number of nitrogen functional groups attached to an aromatic ring is 1. The number of carbonyl (C=O) groups is 2. The Morgan fingerprint density at radius 3 is 2.41 bits per heavy atom. The second-order valence-electron chi connectivity index (χ2n) is 9.07. The minimum Gasteiger partial charge on any atom is -0.438 e. The number of halogens is 6. The molecule has 0 radical (unpaired) electrons. The van der Waals surface area contributed by atoms with Gasteiger partial charge in [-0.25, -0.2) is 14.8 Å². The van der Waals surface area contributed by atoms with E-state index in [0.717, 1.165) is 12.1 Å². The molecule has 1 unspecified atom stereocenters. The van der Waals surface area contributed by atoms with E-state index < -0.39 is 29.5 Å². The van der Waals surface area contributed by atoms with Crippen LogP contribution < -0.4 is 5.73 Å². The molecule has 2 aromatic heterocycles. The van der Waals surface area contributed by atoms with Gasteiger partial charge in [0.2, 0.25) is 11.5 Å². The number of hydrogen-bond acceptors (Lipinski definition) is 7. The van der Waals surface area contributed by atoms with Crippen LogP contribution in [0.25, 0.3) is 16.9 Å². The number of ether oxygens (including phenoxy) is 2. The van der Waals surface area contributed by atoms with Crippen LogP contribution in [-0.4, -0.2) is 69.8 Å². The van der Waals surface area contributed by atoms with E-state index >= 15 is 0 Å². The molecule has 3 aromatic rings. The number of morpholine rings is 1. The summed E-state index contributed by atoms with van der Waals surface area (Å²) in [6.07, 6.45) is -8.37. The van der Waals surface area contributed by atoms with Gasteiger partial charge in [-0.3, -0.25) is 9.20 Å². The Kier molecular flexibility index (Phi) is 7.23. The van der Waals surface area contributed by atoms with Crippen LogP contribution >= 0.6 is 0 Å². The number of imidazole rings is 1. The van der Waals surface area contributed by atoms with Crippen molar-refractivity contribution in [1.82, 2.24) is 19.3 Å². The number of anilines is 1. The van der Waals surface area contributed by atoms with Crippen LogP contribution in [0.3, 0.4) is 0 Å². The molecule has 1 aromatic carbocycles. The number of rotatable bonds is 5. The van der Waals surface area contributed by atoms with Gasteiger partial charge in [0.05, 0.1) is 37.2 Å². The van der Waals surface area contributed by atoms with Gasteiger partial charge in [-0.15, -0.1) is 0 Å². The first-order chi connectivity index (χ1) is 18.1. The molecular formula is C24H23F6N5O4. The fraction of sp³-hybridized carbons (Fsp3) is 0.417. The Labute approximate surface area is 217 Å². The van der Waals surface area contributed by atoms with E-state index in [4.69, 9.17) is 10.5 Å². The zero-order valence-electron chi connectivity index (χ0n) is 20.7. The van der Waals surface area contributed by atoms with E-state index in [0.29, 0.717) is 38.8 Å². The fourth-order valence-corrected chi connectivity index (χ4v) is 4.15. The minimum atomic E-state index is -5.64. The average Bonchev–Trinajstić information content (AvgIpc) is 3.27. The summed E-state index contributed by atoms with van der Waals surface area (Å²) >= 11 is 0. The summed E-state index contributed by atoms with van der Waals surface area (Å²) in [7, 11) is 0. The number of nitrogens with two attached hydrogens (primary N) is 1. The maximum absolute atomic E-state index is 14.0. The molecule has 1 aliphatic heterocycles. The quantitative estimate of drug-likeness (QED) is 0.376. The zero-order chi connectivity index (χ0) is 28.8. The lowest BCUT2D eigenvalue weighted by Crippen LogP contribution is -2.46. The highest BCUT2D eigenvalue weighted by atomic mass is 19.4. The third-order valence-corrected chi connectivity index (χ3v) is 6.40. The molecule has 15 heteroatoms. The topological polar surface area (TPSA) is 112 Å². The number of aromatic nitrogens is 3. The Balaban J connectivity index is 1.77. The molecule has 0 spiro atoms. The second-order valence-corrected chi connectivity index (χ2v) is 9.07. The molecule has 1 amide bonds. The van der Waals surface area contributed by atoms with Gasteiger partial charge in [0, 0.05) is 30.4 Å². The normalized spacial score (nSPS) is 16.3. The second kappa shape index (κ2) is 10.0. The van der Waals surface area contributed by atoms with Gasteiger partial charge in [0.1, 0.15) is 0 Å². The summed E-state index contributed by atoms with van der Waals surface area (Å²) < 4.78 is 91.1. The Morgan fingerprint density at radius 2 is 1.79 bits per heavy atom. The summed E-state index contributed by atoms with van der Waals surface area (Å²) in [4.78, 5) is 34.1. The van der Waals surface area contributed by atoms with Crippen molar-refractivity contribution in [2.24, 2.45) is 0 Å². The number of fused-ring (bicyclic) bond motifs is 1. The molecule has 1 aliphatic rings. The van der Waals surface area contributed by atoms with Gasteiger partial charge in [0.25, 0.3) is 0 Å². The van der Waals surface area contributed by atoms with E-state index in [1.54, 1.807) is 11.8 Å². The highest BCUT2D eigenvalue weighted by Gasteiger charge is 2.59. The third kappa shape index (κ3) is 5.48. The molecule has 4 rings (SSSR count). The van der Waals surface area contributed by atoms with Crippen molar-refractivity contribution in [3.8, 4) is 11.3 Å². The lowest BCUT2D eigenvalue weighted by Gasteiger charge is -2.32.